The van der Waals surface area contributed by atoms with Crippen molar-refractivity contribution < 1.29 is 48.4 Å². The minimum Gasteiger partial charge on any atom is -0.478 e. The minimum absolute atomic E-state index is 0.0531. The quantitative estimate of drug-likeness (QED) is 0.0218. The van der Waals surface area contributed by atoms with Gasteiger partial charge in [-0.1, -0.05) is 91.8 Å². The van der Waals surface area contributed by atoms with Crippen molar-refractivity contribution in [3.05, 3.63) is 188 Å². The summed E-state index contributed by atoms with van der Waals surface area (Å²) in [5.74, 6) is 3.38. The number of carboxylic acids is 1. The molecule has 432 valence electrons. The topological polar surface area (TPSA) is 285 Å². The Kier molecular flexibility index (Phi) is 33.2. The Bertz CT molecular complexity index is 3270. The highest BCUT2D eigenvalue weighted by atomic mass is 79.9. The summed E-state index contributed by atoms with van der Waals surface area (Å²) in [5, 5.41) is 35.4. The van der Waals surface area contributed by atoms with Crippen molar-refractivity contribution in [2.75, 3.05) is 41.3 Å². The average Bonchev–Trinajstić information content (AvgIpc) is 4.15. The molecule has 0 fully saturated rings. The van der Waals surface area contributed by atoms with E-state index in [9.17, 15) is 14.4 Å². The Morgan fingerprint density at radius 3 is 1.48 bits per heavy atom. The number of aromatic carboxylic acids is 1. The third-order valence-electron chi connectivity index (χ3n) is 11.0. The normalized spacial score (nSPS) is 10.1. The van der Waals surface area contributed by atoms with Crippen LogP contribution >= 0.6 is 79.6 Å². The molecule has 19 nitrogen and oxygen atoms in total. The summed E-state index contributed by atoms with van der Waals surface area (Å²) in [6.07, 6.45) is 3.66. The number of hydrogen-bond donors (Lipinski definition) is 6. The molecule has 0 aliphatic carbocycles. The van der Waals surface area contributed by atoms with E-state index in [-0.39, 0.29) is 30.8 Å². The van der Waals surface area contributed by atoms with Crippen LogP contribution in [0.15, 0.2) is 144 Å². The highest BCUT2D eigenvalue weighted by Crippen LogP contribution is 2.27. The molecule has 0 bridgehead atoms. The molecule has 8 rings (SSSR count). The second-order valence-electron chi connectivity index (χ2n) is 16.7. The van der Waals surface area contributed by atoms with E-state index in [1.54, 1.807) is 82.5 Å². The van der Waals surface area contributed by atoms with Crippen LogP contribution in [0.25, 0.3) is 28.2 Å². The number of H-pyrrole nitrogens is 1. The number of fused-ring (bicyclic) bond motifs is 1. The number of Topliss-reactive ketones (excluding diaryl/α,β-unsaturated/α-hetero) is 1. The highest BCUT2D eigenvalue weighted by molar-refractivity contribution is 9.11. The van der Waals surface area contributed by atoms with Crippen molar-refractivity contribution in [2.45, 2.75) is 60.0 Å². The van der Waals surface area contributed by atoms with E-state index in [1.807, 2.05) is 80.7 Å². The molecule has 8 aromatic rings. The van der Waals surface area contributed by atoms with Crippen LogP contribution < -0.4 is 17.2 Å². The standard InChI is InChI=1S/C13H10BrN3.C10H10BrN3.C10H8BrNO.C9H9BrO2.C8H7BrO2.C7H16O4.H4N2O/c1-9-7-10(14)3-4-11(9)12-8-13-15-5-2-6-17(13)16-12;1-6-4-7(11)2-3-8(6)9-5-10(12)14-13-9;1-7-6-8(11)2-3-9(7)10(13)4-5-12;1-6-5-7(10)3-4-8(6)9(11)12-2;1-5-4-6(9)2-3-7(5)8(10)11;1-8-6(9-2)5-7(10-3)11-4;1-2-3/h2-8H,1H3;2-5H,1H3,(H3,12,13,14);2-3,6H,4H2,1H3;3-5H,1-2H3;2-4H,1H3,(H,10,11);6-7H,5H2,1-4H3;2-3H,1H2. The zero-order valence-electron chi connectivity index (χ0n) is 46.1. The number of carboxylic acid groups (broad SMARTS) is 1. The first-order valence-corrected chi connectivity index (χ1v) is 27.8. The SMILES string of the molecule is COC(=O)c1ccc(Br)cc1C.COC(CC(OC)OC)OC.Cc1cc(Br)ccc1-c1cc(N)n[nH]1.Cc1cc(Br)ccc1-c1cc2ncccn2n1.Cc1cc(Br)ccc1C(=O)CC#N.Cc1cc(Br)ccc1C(=O)O.NNO. The smallest absolute Gasteiger partial charge is 0.338 e. The average molecular weight is 1430 g/mol. The maximum Gasteiger partial charge on any atom is 0.338 e. The number of aryl methyl sites for hydroxylation is 5. The van der Waals surface area contributed by atoms with Gasteiger partial charge in [-0.3, -0.25) is 9.89 Å². The highest BCUT2D eigenvalue weighted by Gasteiger charge is 2.14. The lowest BCUT2D eigenvalue weighted by molar-refractivity contribution is -0.178. The van der Waals surface area contributed by atoms with Crippen molar-refractivity contribution in [3.8, 4) is 28.6 Å². The van der Waals surface area contributed by atoms with Crippen LogP contribution in [-0.2, 0) is 23.7 Å². The number of hydrazine groups is 1. The van der Waals surface area contributed by atoms with Gasteiger partial charge in [-0.25, -0.2) is 24.9 Å². The maximum absolute atomic E-state index is 11.3. The Labute approximate surface area is 513 Å². The fourth-order valence-corrected chi connectivity index (χ4v) is 9.33. The molecule has 8 N–H and O–H groups in total. The number of ether oxygens (including phenoxy) is 5. The second-order valence-corrected chi connectivity index (χ2v) is 21.3. The molecule has 0 atom stereocenters. The lowest BCUT2D eigenvalue weighted by atomic mass is 10.0. The number of carbonyl (C=O) groups excluding carboxylic acids is 2. The number of halogens is 5. The zero-order chi connectivity index (χ0) is 60.8. The Morgan fingerprint density at radius 1 is 0.667 bits per heavy atom. The fraction of sp³-hybridized carbons (Fsp3) is 0.246. The third-order valence-corrected chi connectivity index (χ3v) is 13.4. The van der Waals surface area contributed by atoms with E-state index >= 15 is 0 Å². The third kappa shape index (κ3) is 24.9. The number of nitrogens with zero attached hydrogens (tertiary/aromatic N) is 5. The Balaban J connectivity index is 0.000000331. The predicted molar refractivity (Wildman–Crippen MR) is 331 cm³/mol. The van der Waals surface area contributed by atoms with Gasteiger partial charge in [-0.05, 0) is 147 Å². The molecule has 0 aliphatic heterocycles. The predicted octanol–water partition coefficient (Wildman–Crippen LogP) is 13.5. The van der Waals surface area contributed by atoms with Crippen LogP contribution in [-0.4, -0.2) is 101 Å². The number of aromatic amines is 1. The van der Waals surface area contributed by atoms with Gasteiger partial charge in [0.2, 0.25) is 0 Å². The van der Waals surface area contributed by atoms with Gasteiger partial charge in [0.05, 0.1) is 42.1 Å². The molecule has 0 radical (unpaired) electrons. The van der Waals surface area contributed by atoms with Gasteiger partial charge in [0.15, 0.2) is 24.0 Å². The lowest BCUT2D eigenvalue weighted by Crippen LogP contribution is -2.24. The number of aromatic nitrogens is 5. The molecular formula is C57H64Br5N9O10. The molecule has 0 unspecified atom stereocenters. The van der Waals surface area contributed by atoms with Crippen LogP contribution in [0.2, 0.25) is 0 Å². The van der Waals surface area contributed by atoms with Crippen molar-refractivity contribution in [2.24, 2.45) is 5.84 Å². The first-order valence-electron chi connectivity index (χ1n) is 23.9. The van der Waals surface area contributed by atoms with Crippen LogP contribution in [0.1, 0.15) is 71.7 Å². The molecule has 3 aromatic heterocycles. The minimum atomic E-state index is -0.880. The molecule has 5 aromatic carbocycles. The number of benzene rings is 5. The molecule has 0 amide bonds. The van der Waals surface area contributed by atoms with E-state index in [0.29, 0.717) is 28.9 Å². The number of carbonyl (C=O) groups is 3. The number of esters is 1. The number of nitrogen functional groups attached to an aromatic ring is 1. The van der Waals surface area contributed by atoms with Gasteiger partial charge in [0, 0.05) is 98.4 Å². The Hall–Kier alpha value is -6.05. The van der Waals surface area contributed by atoms with Crippen molar-refractivity contribution in [3.63, 3.8) is 0 Å². The molecule has 0 saturated carbocycles. The van der Waals surface area contributed by atoms with Crippen LogP contribution in [0.4, 0.5) is 5.82 Å². The van der Waals surface area contributed by atoms with Crippen LogP contribution in [0.5, 0.6) is 0 Å². The first-order chi connectivity index (χ1) is 38.5. The van der Waals surface area contributed by atoms with Gasteiger partial charge in [0.1, 0.15) is 5.82 Å². The molecule has 24 heteroatoms. The zero-order valence-corrected chi connectivity index (χ0v) is 54.0. The summed E-state index contributed by atoms with van der Waals surface area (Å²) >= 11 is 16.8. The molecule has 0 saturated heterocycles. The summed E-state index contributed by atoms with van der Waals surface area (Å²) < 4.78 is 31.2. The van der Waals surface area contributed by atoms with Gasteiger partial charge >= 0.3 is 11.9 Å². The van der Waals surface area contributed by atoms with E-state index < -0.39 is 5.97 Å². The van der Waals surface area contributed by atoms with Crippen LogP contribution in [0, 0.1) is 45.9 Å². The molecular weight excluding hydrogens is 1370 g/mol. The summed E-state index contributed by atoms with van der Waals surface area (Å²) in [4.78, 5) is 37.2. The van der Waals surface area contributed by atoms with Crippen molar-refractivity contribution >= 4 is 109 Å². The number of nitriles is 1. The number of ketones is 1. The monoisotopic (exact) mass is 1430 g/mol. The van der Waals surface area contributed by atoms with Crippen molar-refractivity contribution in [1.29, 1.82) is 5.26 Å². The van der Waals surface area contributed by atoms with E-state index in [0.717, 1.165) is 67.2 Å². The van der Waals surface area contributed by atoms with E-state index in [4.69, 9.17) is 40.3 Å². The summed E-state index contributed by atoms with van der Waals surface area (Å²) in [5.41, 5.74) is 18.4. The van der Waals surface area contributed by atoms with Gasteiger partial charge < -0.3 is 39.7 Å². The molecule has 3 heterocycles. The number of nitrogens with one attached hydrogen (secondary N) is 2. The van der Waals surface area contributed by atoms with E-state index in [1.165, 1.54) is 23.8 Å². The second kappa shape index (κ2) is 37.9. The van der Waals surface area contributed by atoms with Crippen LogP contribution in [0.3, 0.4) is 0 Å². The van der Waals surface area contributed by atoms with Gasteiger partial charge in [0.25, 0.3) is 0 Å². The largest absolute Gasteiger partial charge is 0.478 e. The lowest BCUT2D eigenvalue weighted by Gasteiger charge is -2.18. The Morgan fingerprint density at radius 2 is 1.10 bits per heavy atom. The number of rotatable bonds is 12. The summed E-state index contributed by atoms with van der Waals surface area (Å²) in [7, 11) is 7.70. The maximum atomic E-state index is 11.3. The van der Waals surface area contributed by atoms with E-state index in [2.05, 4.69) is 143 Å². The van der Waals surface area contributed by atoms with Gasteiger partial charge in [-0.15, -0.1) is 5.59 Å². The fourth-order valence-electron chi connectivity index (χ4n) is 6.96. The first kappa shape index (κ1) is 71.1. The number of nitrogens with two attached hydrogens (primary N) is 2. The number of methoxy groups -OCH3 is 5. The summed E-state index contributed by atoms with van der Waals surface area (Å²) in [6, 6.07) is 35.8. The number of hydrogen-bond acceptors (Lipinski definition) is 16. The summed E-state index contributed by atoms with van der Waals surface area (Å²) in [6.45, 7) is 9.63. The van der Waals surface area contributed by atoms with Gasteiger partial charge in [-0.2, -0.15) is 15.5 Å². The molecule has 0 aliphatic rings. The molecule has 81 heavy (non-hydrogen) atoms. The van der Waals surface area contributed by atoms with Crippen molar-refractivity contribution in [1.82, 2.24) is 30.4 Å². The molecule has 0 spiro atoms. The number of anilines is 1.